The number of aliphatic imine (C=N–C) groups is 1. The molecular weight excluding hydrogens is 293 g/mol. The summed E-state index contributed by atoms with van der Waals surface area (Å²) in [6.07, 6.45) is 0.894. The van der Waals surface area contributed by atoms with Crippen LogP contribution in [0.4, 0.5) is 10.1 Å². The molecule has 0 bridgehead atoms. The summed E-state index contributed by atoms with van der Waals surface area (Å²) in [5, 5.41) is 3.12. The van der Waals surface area contributed by atoms with Gasteiger partial charge in [-0.3, -0.25) is 0 Å². The minimum Gasteiger partial charge on any atom is -0.380 e. The average Bonchev–Trinajstić information content (AvgIpc) is 3.28. The SMILES string of the molecule is COCc1ccccc1NC(N)=N[C@@H]1C[C@H]1c1cccc(F)c1. The Morgan fingerprint density at radius 1 is 1.30 bits per heavy atom. The van der Waals surface area contributed by atoms with Crippen molar-refractivity contribution in [1.82, 2.24) is 0 Å². The van der Waals surface area contributed by atoms with Gasteiger partial charge in [0.05, 0.1) is 12.6 Å². The van der Waals surface area contributed by atoms with E-state index in [0.29, 0.717) is 12.6 Å². The van der Waals surface area contributed by atoms with Crippen molar-refractivity contribution in [3.8, 4) is 0 Å². The van der Waals surface area contributed by atoms with Crippen LogP contribution in [0.2, 0.25) is 0 Å². The van der Waals surface area contributed by atoms with Gasteiger partial charge in [0, 0.05) is 24.3 Å². The summed E-state index contributed by atoms with van der Waals surface area (Å²) in [5.41, 5.74) is 8.89. The van der Waals surface area contributed by atoms with Crippen LogP contribution in [-0.4, -0.2) is 19.1 Å². The molecule has 23 heavy (non-hydrogen) atoms. The molecule has 0 amide bonds. The molecule has 3 rings (SSSR count). The first-order valence-corrected chi connectivity index (χ1v) is 7.60. The quantitative estimate of drug-likeness (QED) is 0.658. The van der Waals surface area contributed by atoms with Crippen molar-refractivity contribution in [2.75, 3.05) is 12.4 Å². The molecule has 0 unspecified atom stereocenters. The molecule has 1 aliphatic carbocycles. The first kappa shape index (κ1) is 15.5. The molecule has 0 spiro atoms. The first-order chi connectivity index (χ1) is 11.2. The largest absolute Gasteiger partial charge is 0.380 e. The highest BCUT2D eigenvalue weighted by atomic mass is 19.1. The van der Waals surface area contributed by atoms with Crippen LogP contribution in [0.25, 0.3) is 0 Å². The van der Waals surface area contributed by atoms with Crippen LogP contribution in [0.15, 0.2) is 53.5 Å². The highest BCUT2D eigenvalue weighted by Crippen LogP contribution is 2.43. The summed E-state index contributed by atoms with van der Waals surface area (Å²) in [6.45, 7) is 0.506. The van der Waals surface area contributed by atoms with E-state index in [9.17, 15) is 4.39 Å². The number of para-hydroxylation sites is 1. The van der Waals surface area contributed by atoms with Crippen molar-refractivity contribution in [1.29, 1.82) is 0 Å². The number of rotatable bonds is 5. The first-order valence-electron chi connectivity index (χ1n) is 7.60. The number of guanidine groups is 1. The molecule has 0 aliphatic heterocycles. The van der Waals surface area contributed by atoms with Gasteiger partial charge in [0.2, 0.25) is 0 Å². The minimum absolute atomic E-state index is 0.110. The van der Waals surface area contributed by atoms with E-state index in [0.717, 1.165) is 23.2 Å². The molecule has 2 aromatic rings. The fraction of sp³-hybridized carbons (Fsp3) is 0.278. The molecule has 4 nitrogen and oxygen atoms in total. The van der Waals surface area contributed by atoms with Crippen LogP contribution in [0, 0.1) is 5.82 Å². The summed E-state index contributed by atoms with van der Waals surface area (Å²) >= 11 is 0. The Morgan fingerprint density at radius 3 is 2.91 bits per heavy atom. The van der Waals surface area contributed by atoms with Gasteiger partial charge in [0.15, 0.2) is 5.96 Å². The van der Waals surface area contributed by atoms with Crippen LogP contribution >= 0.6 is 0 Å². The smallest absolute Gasteiger partial charge is 0.193 e. The number of ether oxygens (including phenoxy) is 1. The summed E-state index contributed by atoms with van der Waals surface area (Å²) in [7, 11) is 1.65. The molecular formula is C18H20FN3O. The van der Waals surface area contributed by atoms with Gasteiger partial charge in [-0.25, -0.2) is 9.38 Å². The number of nitrogens with zero attached hydrogens (tertiary/aromatic N) is 1. The number of hydrogen-bond acceptors (Lipinski definition) is 2. The zero-order valence-corrected chi connectivity index (χ0v) is 13.0. The molecule has 1 saturated carbocycles. The van der Waals surface area contributed by atoms with E-state index < -0.39 is 0 Å². The monoisotopic (exact) mass is 313 g/mol. The van der Waals surface area contributed by atoms with Gasteiger partial charge in [-0.2, -0.15) is 0 Å². The lowest BCUT2D eigenvalue weighted by molar-refractivity contribution is 0.185. The van der Waals surface area contributed by atoms with Gasteiger partial charge < -0.3 is 15.8 Å². The predicted molar refractivity (Wildman–Crippen MR) is 89.9 cm³/mol. The summed E-state index contributed by atoms with van der Waals surface area (Å²) in [4.78, 5) is 4.49. The van der Waals surface area contributed by atoms with E-state index in [-0.39, 0.29) is 17.8 Å². The Balaban J connectivity index is 1.66. The Hall–Kier alpha value is -2.40. The fourth-order valence-electron chi connectivity index (χ4n) is 2.69. The van der Waals surface area contributed by atoms with Crippen LogP contribution in [0.1, 0.15) is 23.5 Å². The molecule has 0 radical (unpaired) electrons. The maximum Gasteiger partial charge on any atom is 0.193 e. The van der Waals surface area contributed by atoms with Gasteiger partial charge in [-0.15, -0.1) is 0 Å². The Bertz CT molecular complexity index is 717. The summed E-state index contributed by atoms with van der Waals surface area (Å²) in [5.74, 6) is 0.412. The molecule has 120 valence electrons. The topological polar surface area (TPSA) is 59.6 Å². The second-order valence-corrected chi connectivity index (χ2v) is 5.69. The molecule has 0 saturated heterocycles. The molecule has 3 N–H and O–H groups in total. The number of benzene rings is 2. The number of methoxy groups -OCH3 is 1. The number of anilines is 1. The number of nitrogens with two attached hydrogens (primary N) is 1. The van der Waals surface area contributed by atoms with Crippen molar-refractivity contribution in [3.63, 3.8) is 0 Å². The highest BCUT2D eigenvalue weighted by Gasteiger charge is 2.38. The third-order valence-corrected chi connectivity index (χ3v) is 3.92. The second kappa shape index (κ2) is 6.79. The van der Waals surface area contributed by atoms with E-state index in [4.69, 9.17) is 10.5 Å². The number of halogens is 1. The fourth-order valence-corrected chi connectivity index (χ4v) is 2.69. The summed E-state index contributed by atoms with van der Waals surface area (Å²) < 4.78 is 18.4. The number of nitrogens with one attached hydrogen (secondary N) is 1. The minimum atomic E-state index is -0.211. The Morgan fingerprint density at radius 2 is 2.13 bits per heavy atom. The van der Waals surface area contributed by atoms with Crippen molar-refractivity contribution in [2.24, 2.45) is 10.7 Å². The maximum atomic E-state index is 13.3. The highest BCUT2D eigenvalue weighted by molar-refractivity contribution is 5.93. The Kier molecular flexibility index (Phi) is 4.57. The van der Waals surface area contributed by atoms with Crippen LogP contribution in [-0.2, 0) is 11.3 Å². The molecule has 1 fully saturated rings. The lowest BCUT2D eigenvalue weighted by Crippen LogP contribution is -2.24. The Labute approximate surface area is 135 Å². The van der Waals surface area contributed by atoms with Gasteiger partial charge in [0.1, 0.15) is 5.82 Å². The van der Waals surface area contributed by atoms with Crippen molar-refractivity contribution >= 4 is 11.6 Å². The van der Waals surface area contributed by atoms with E-state index in [2.05, 4.69) is 10.3 Å². The van der Waals surface area contributed by atoms with Crippen molar-refractivity contribution in [3.05, 3.63) is 65.5 Å². The normalized spacial score (nSPS) is 20.3. The van der Waals surface area contributed by atoms with Gasteiger partial charge in [-0.05, 0) is 30.2 Å². The maximum absolute atomic E-state index is 13.3. The molecule has 2 atom stereocenters. The predicted octanol–water partition coefficient (Wildman–Crippen LogP) is 3.25. The van der Waals surface area contributed by atoms with Crippen LogP contribution in [0.3, 0.4) is 0 Å². The zero-order valence-electron chi connectivity index (χ0n) is 13.0. The molecule has 1 aliphatic rings. The second-order valence-electron chi connectivity index (χ2n) is 5.69. The molecule has 0 aromatic heterocycles. The zero-order chi connectivity index (χ0) is 16.2. The van der Waals surface area contributed by atoms with Gasteiger partial charge >= 0.3 is 0 Å². The van der Waals surface area contributed by atoms with Crippen molar-refractivity contribution in [2.45, 2.75) is 25.0 Å². The van der Waals surface area contributed by atoms with Gasteiger partial charge in [0.25, 0.3) is 0 Å². The number of hydrogen-bond donors (Lipinski definition) is 2. The standard InChI is InChI=1S/C18H20FN3O/c1-23-11-13-5-2-3-8-16(13)21-18(20)22-17-10-15(17)12-6-4-7-14(19)9-12/h2-9,15,17H,10-11H2,1H3,(H3,20,21,22)/t15-,17+/m0/s1. The molecule has 0 heterocycles. The summed E-state index contributed by atoms with van der Waals surface area (Å²) in [6, 6.07) is 14.6. The van der Waals surface area contributed by atoms with E-state index in [1.54, 1.807) is 19.2 Å². The lowest BCUT2D eigenvalue weighted by Gasteiger charge is -2.10. The van der Waals surface area contributed by atoms with Crippen LogP contribution < -0.4 is 11.1 Å². The third kappa shape index (κ3) is 3.87. The van der Waals surface area contributed by atoms with E-state index in [1.165, 1.54) is 6.07 Å². The van der Waals surface area contributed by atoms with Crippen molar-refractivity contribution < 1.29 is 9.13 Å². The lowest BCUT2D eigenvalue weighted by atomic mass is 10.1. The third-order valence-electron chi connectivity index (χ3n) is 3.92. The van der Waals surface area contributed by atoms with E-state index >= 15 is 0 Å². The van der Waals surface area contributed by atoms with Crippen LogP contribution in [0.5, 0.6) is 0 Å². The average molecular weight is 313 g/mol. The molecule has 5 heteroatoms. The molecule has 2 aromatic carbocycles. The van der Waals surface area contributed by atoms with Gasteiger partial charge in [-0.1, -0.05) is 30.3 Å². The van der Waals surface area contributed by atoms with E-state index in [1.807, 2.05) is 30.3 Å².